The Morgan fingerprint density at radius 2 is 1.95 bits per heavy atom. The van der Waals surface area contributed by atoms with Crippen LogP contribution in [0.25, 0.3) is 10.9 Å². The van der Waals surface area contributed by atoms with Crippen LogP contribution in [0.4, 0.5) is 0 Å². The molecule has 0 amide bonds. The highest BCUT2D eigenvalue weighted by Gasteiger charge is 2.29. The zero-order chi connectivity index (χ0) is 14.2. The van der Waals surface area contributed by atoms with Gasteiger partial charge in [0.05, 0.1) is 0 Å². The zero-order valence-corrected chi connectivity index (χ0v) is 13.1. The second-order valence-electron chi connectivity index (χ2n) is 6.75. The van der Waals surface area contributed by atoms with Crippen molar-refractivity contribution in [2.75, 3.05) is 6.54 Å². The van der Waals surface area contributed by atoms with E-state index >= 15 is 0 Å². The minimum atomic E-state index is 0.853. The van der Waals surface area contributed by atoms with Gasteiger partial charge < -0.3 is 4.57 Å². The molecule has 1 aliphatic carbocycles. The summed E-state index contributed by atoms with van der Waals surface area (Å²) < 4.78 is 2.59. The first-order valence-corrected chi connectivity index (χ1v) is 8.71. The summed E-state index contributed by atoms with van der Waals surface area (Å²) >= 11 is 0. The third-order valence-corrected chi connectivity index (χ3v) is 5.48. The lowest BCUT2D eigenvalue weighted by Crippen LogP contribution is -2.38. The summed E-state index contributed by atoms with van der Waals surface area (Å²) in [7, 11) is 0. The van der Waals surface area contributed by atoms with Gasteiger partial charge >= 0.3 is 0 Å². The summed E-state index contributed by atoms with van der Waals surface area (Å²) in [6.45, 7) is 5.89. The standard InChI is InChI=1S/C19H26N2/c1-2-12-21-18-10-6-5-9-16(18)17-14-20(13-11-19(17)21)15-7-3-4-8-15/h5-6,9-10,15H,2-4,7-8,11-14H2,1H3. The molecule has 21 heavy (non-hydrogen) atoms. The molecule has 4 rings (SSSR count). The highest BCUT2D eigenvalue weighted by molar-refractivity contribution is 5.85. The summed E-state index contributed by atoms with van der Waals surface area (Å²) in [6, 6.07) is 9.88. The lowest BCUT2D eigenvalue weighted by Gasteiger charge is -2.33. The highest BCUT2D eigenvalue weighted by atomic mass is 15.2. The number of para-hydroxylation sites is 1. The van der Waals surface area contributed by atoms with Crippen LogP contribution in [-0.4, -0.2) is 22.1 Å². The number of nitrogens with zero attached hydrogens (tertiary/aromatic N) is 2. The quantitative estimate of drug-likeness (QED) is 0.812. The fourth-order valence-corrected chi connectivity index (χ4v) is 4.48. The first-order valence-electron chi connectivity index (χ1n) is 8.71. The van der Waals surface area contributed by atoms with Crippen LogP contribution < -0.4 is 0 Å². The SMILES string of the molecule is CCCn1c2c(c3ccccc31)CN(C1CCCC1)CC2. The molecule has 2 aromatic rings. The normalized spacial score (nSPS) is 20.2. The average Bonchev–Trinajstić information content (AvgIpc) is 3.15. The molecule has 1 aromatic heterocycles. The topological polar surface area (TPSA) is 8.17 Å². The Morgan fingerprint density at radius 1 is 1.14 bits per heavy atom. The Morgan fingerprint density at radius 3 is 2.76 bits per heavy atom. The second kappa shape index (κ2) is 5.49. The van der Waals surface area contributed by atoms with E-state index in [4.69, 9.17) is 0 Å². The van der Waals surface area contributed by atoms with Crippen LogP contribution in [0, 0.1) is 0 Å². The number of aryl methyl sites for hydroxylation is 1. The van der Waals surface area contributed by atoms with Crippen LogP contribution in [0.5, 0.6) is 0 Å². The lowest BCUT2D eigenvalue weighted by molar-refractivity contribution is 0.180. The van der Waals surface area contributed by atoms with Crippen LogP contribution >= 0.6 is 0 Å². The number of rotatable bonds is 3. The first-order chi connectivity index (χ1) is 10.4. The Balaban J connectivity index is 1.75. The van der Waals surface area contributed by atoms with Gasteiger partial charge in [0.15, 0.2) is 0 Å². The van der Waals surface area contributed by atoms with Crippen molar-refractivity contribution in [2.45, 2.75) is 64.6 Å². The molecular formula is C19H26N2. The van der Waals surface area contributed by atoms with Gasteiger partial charge in [0, 0.05) is 48.7 Å². The van der Waals surface area contributed by atoms with Gasteiger partial charge in [-0.15, -0.1) is 0 Å². The third kappa shape index (κ3) is 2.20. The predicted molar refractivity (Wildman–Crippen MR) is 88.6 cm³/mol. The first kappa shape index (κ1) is 13.4. The number of aromatic nitrogens is 1. The smallest absolute Gasteiger partial charge is 0.0485 e. The van der Waals surface area contributed by atoms with Gasteiger partial charge in [-0.05, 0) is 30.9 Å². The predicted octanol–water partition coefficient (Wildman–Crippen LogP) is 4.35. The van der Waals surface area contributed by atoms with Gasteiger partial charge in [0.25, 0.3) is 0 Å². The van der Waals surface area contributed by atoms with Gasteiger partial charge in [-0.2, -0.15) is 0 Å². The van der Waals surface area contributed by atoms with Gasteiger partial charge in [-0.3, -0.25) is 4.90 Å². The molecule has 112 valence electrons. The van der Waals surface area contributed by atoms with Crippen molar-refractivity contribution in [1.82, 2.24) is 9.47 Å². The molecule has 1 fully saturated rings. The van der Waals surface area contributed by atoms with Crippen molar-refractivity contribution in [3.8, 4) is 0 Å². The largest absolute Gasteiger partial charge is 0.344 e. The molecular weight excluding hydrogens is 256 g/mol. The van der Waals surface area contributed by atoms with Crippen LogP contribution in [0.1, 0.15) is 50.3 Å². The van der Waals surface area contributed by atoms with E-state index in [9.17, 15) is 0 Å². The molecule has 0 saturated heterocycles. The van der Waals surface area contributed by atoms with Crippen LogP contribution in [0.15, 0.2) is 24.3 Å². The van der Waals surface area contributed by atoms with E-state index in [1.807, 2.05) is 0 Å². The molecule has 0 N–H and O–H groups in total. The van der Waals surface area contributed by atoms with Crippen LogP contribution in [0.2, 0.25) is 0 Å². The van der Waals surface area contributed by atoms with E-state index in [0.717, 1.165) is 6.04 Å². The van der Waals surface area contributed by atoms with Crippen molar-refractivity contribution in [3.05, 3.63) is 35.5 Å². The van der Waals surface area contributed by atoms with E-state index in [1.165, 1.54) is 69.1 Å². The molecule has 0 radical (unpaired) electrons. The molecule has 1 saturated carbocycles. The lowest BCUT2D eigenvalue weighted by atomic mass is 10.0. The van der Waals surface area contributed by atoms with E-state index < -0.39 is 0 Å². The maximum absolute atomic E-state index is 2.76. The summed E-state index contributed by atoms with van der Waals surface area (Å²) in [4.78, 5) is 2.76. The number of benzene rings is 1. The average molecular weight is 282 g/mol. The molecule has 0 spiro atoms. The molecule has 0 unspecified atom stereocenters. The Bertz CT molecular complexity index is 634. The molecule has 0 atom stereocenters. The van der Waals surface area contributed by atoms with Crippen molar-refractivity contribution < 1.29 is 0 Å². The molecule has 2 nitrogen and oxygen atoms in total. The summed E-state index contributed by atoms with van der Waals surface area (Å²) in [6.07, 6.45) is 8.17. The summed E-state index contributed by atoms with van der Waals surface area (Å²) in [5.41, 5.74) is 4.70. The van der Waals surface area contributed by atoms with E-state index in [0.29, 0.717) is 0 Å². The van der Waals surface area contributed by atoms with Gasteiger partial charge in [0.2, 0.25) is 0 Å². The molecule has 2 heterocycles. The Kier molecular flexibility index (Phi) is 3.50. The monoisotopic (exact) mass is 282 g/mol. The number of hydrogen-bond acceptors (Lipinski definition) is 1. The van der Waals surface area contributed by atoms with E-state index in [1.54, 1.807) is 11.3 Å². The van der Waals surface area contributed by atoms with Crippen molar-refractivity contribution in [3.63, 3.8) is 0 Å². The molecule has 2 heteroatoms. The minimum Gasteiger partial charge on any atom is -0.344 e. The van der Waals surface area contributed by atoms with Crippen molar-refractivity contribution in [1.29, 1.82) is 0 Å². The zero-order valence-electron chi connectivity index (χ0n) is 13.1. The summed E-state index contributed by atoms with van der Waals surface area (Å²) in [5.74, 6) is 0. The summed E-state index contributed by atoms with van der Waals surface area (Å²) in [5, 5.41) is 1.50. The van der Waals surface area contributed by atoms with E-state index in [2.05, 4.69) is 40.7 Å². The maximum Gasteiger partial charge on any atom is 0.0485 e. The molecule has 1 aromatic carbocycles. The Hall–Kier alpha value is -1.28. The van der Waals surface area contributed by atoms with Crippen LogP contribution in [-0.2, 0) is 19.5 Å². The number of hydrogen-bond donors (Lipinski definition) is 0. The highest BCUT2D eigenvalue weighted by Crippen LogP contribution is 2.34. The molecule has 2 aliphatic rings. The minimum absolute atomic E-state index is 0.853. The van der Waals surface area contributed by atoms with Gasteiger partial charge in [-0.1, -0.05) is 38.0 Å². The van der Waals surface area contributed by atoms with Gasteiger partial charge in [0.1, 0.15) is 0 Å². The maximum atomic E-state index is 2.76. The second-order valence-corrected chi connectivity index (χ2v) is 6.75. The molecule has 1 aliphatic heterocycles. The number of fused-ring (bicyclic) bond motifs is 3. The van der Waals surface area contributed by atoms with Gasteiger partial charge in [-0.25, -0.2) is 0 Å². The third-order valence-electron chi connectivity index (χ3n) is 5.48. The van der Waals surface area contributed by atoms with E-state index in [-0.39, 0.29) is 0 Å². The van der Waals surface area contributed by atoms with Crippen molar-refractivity contribution >= 4 is 10.9 Å². The fraction of sp³-hybridized carbons (Fsp3) is 0.579. The van der Waals surface area contributed by atoms with Crippen LogP contribution in [0.3, 0.4) is 0 Å². The fourth-order valence-electron chi connectivity index (χ4n) is 4.48. The van der Waals surface area contributed by atoms with Crippen molar-refractivity contribution in [2.24, 2.45) is 0 Å². The molecule has 0 bridgehead atoms. The Labute approximate surface area is 127 Å².